The molecule has 0 bridgehead atoms. The zero-order chi connectivity index (χ0) is 21.3. The monoisotopic (exact) mass is 408 g/mol. The molecule has 30 heavy (non-hydrogen) atoms. The molecule has 1 aliphatic rings. The Bertz CT molecular complexity index is 871. The maximum atomic E-state index is 13.0. The fourth-order valence-electron chi connectivity index (χ4n) is 4.10. The summed E-state index contributed by atoms with van der Waals surface area (Å²) in [6, 6.07) is 18.1. The van der Waals surface area contributed by atoms with Gasteiger partial charge < -0.3 is 19.4 Å². The second kappa shape index (κ2) is 10.8. The number of anilines is 1. The summed E-state index contributed by atoms with van der Waals surface area (Å²) in [7, 11) is 1.72. The summed E-state index contributed by atoms with van der Waals surface area (Å²) >= 11 is 0. The number of ether oxygens (including phenoxy) is 1. The van der Waals surface area contributed by atoms with Gasteiger partial charge in [0.15, 0.2) is 6.54 Å². The van der Waals surface area contributed by atoms with E-state index in [4.69, 9.17) is 10.00 Å². The van der Waals surface area contributed by atoms with Crippen LogP contribution < -0.4 is 19.4 Å². The second-order valence-electron chi connectivity index (χ2n) is 7.96. The number of methoxy groups -OCH3 is 1. The van der Waals surface area contributed by atoms with Gasteiger partial charge in [0, 0.05) is 17.8 Å². The van der Waals surface area contributed by atoms with E-state index < -0.39 is 0 Å². The molecule has 2 aromatic rings. The molecule has 2 N–H and O–H groups in total. The lowest BCUT2D eigenvalue weighted by Gasteiger charge is -2.31. The number of quaternary nitrogens is 2. The lowest BCUT2D eigenvalue weighted by atomic mass is 10.1. The number of hydrogen-bond donors (Lipinski definition) is 2. The highest BCUT2D eigenvalue weighted by Crippen LogP contribution is 2.18. The van der Waals surface area contributed by atoms with E-state index in [0.717, 1.165) is 44.2 Å². The SMILES string of the molecule is COc1ccc(C)cc1C[NH+]1CC[NH+](CC(=O)N(CCC#N)c2ccccc2)CC1. The van der Waals surface area contributed by atoms with Crippen molar-refractivity contribution in [1.82, 2.24) is 0 Å². The Balaban J connectivity index is 1.55. The summed E-state index contributed by atoms with van der Waals surface area (Å²) < 4.78 is 5.52. The predicted octanol–water partition coefficient (Wildman–Crippen LogP) is 0.234. The van der Waals surface area contributed by atoms with Crippen LogP contribution in [0.2, 0.25) is 0 Å². The average molecular weight is 409 g/mol. The van der Waals surface area contributed by atoms with Crippen molar-refractivity contribution in [3.05, 3.63) is 59.7 Å². The minimum absolute atomic E-state index is 0.0928. The maximum absolute atomic E-state index is 13.0. The normalized spacial score (nSPS) is 18.4. The van der Waals surface area contributed by atoms with Gasteiger partial charge in [-0.25, -0.2) is 0 Å². The first-order valence-corrected chi connectivity index (χ1v) is 10.6. The molecule has 6 nitrogen and oxygen atoms in total. The van der Waals surface area contributed by atoms with Crippen molar-refractivity contribution in [2.75, 3.05) is 51.3 Å². The molecule has 0 atom stereocenters. The smallest absolute Gasteiger partial charge is 0.282 e. The molecule has 0 saturated carbocycles. The molecule has 1 heterocycles. The molecule has 158 valence electrons. The topological polar surface area (TPSA) is 62.2 Å². The van der Waals surface area contributed by atoms with Crippen LogP contribution in [-0.2, 0) is 11.3 Å². The van der Waals surface area contributed by atoms with Crippen LogP contribution in [0.25, 0.3) is 0 Å². The summed E-state index contributed by atoms with van der Waals surface area (Å²) in [5, 5.41) is 8.97. The fourth-order valence-corrected chi connectivity index (χ4v) is 4.10. The highest BCUT2D eigenvalue weighted by Gasteiger charge is 2.28. The summed E-state index contributed by atoms with van der Waals surface area (Å²) in [5.41, 5.74) is 3.37. The molecule has 3 rings (SSSR count). The van der Waals surface area contributed by atoms with E-state index in [0.29, 0.717) is 19.5 Å². The van der Waals surface area contributed by atoms with Crippen LogP contribution >= 0.6 is 0 Å². The van der Waals surface area contributed by atoms with Gasteiger partial charge in [0.1, 0.15) is 38.5 Å². The van der Waals surface area contributed by atoms with Crippen molar-refractivity contribution in [3.63, 3.8) is 0 Å². The Morgan fingerprint density at radius 2 is 1.80 bits per heavy atom. The van der Waals surface area contributed by atoms with E-state index in [2.05, 4.69) is 25.1 Å². The van der Waals surface area contributed by atoms with Gasteiger partial charge in [0.25, 0.3) is 5.91 Å². The molecule has 0 radical (unpaired) electrons. The number of benzene rings is 2. The van der Waals surface area contributed by atoms with Crippen molar-refractivity contribution in [1.29, 1.82) is 5.26 Å². The van der Waals surface area contributed by atoms with E-state index >= 15 is 0 Å². The number of carbonyl (C=O) groups excluding carboxylic acids is 1. The van der Waals surface area contributed by atoms with Crippen molar-refractivity contribution >= 4 is 11.6 Å². The number of amides is 1. The molecule has 0 aromatic heterocycles. The van der Waals surface area contributed by atoms with Gasteiger partial charge in [-0.05, 0) is 31.2 Å². The molecule has 6 heteroatoms. The summed E-state index contributed by atoms with van der Waals surface area (Å²) in [6.07, 6.45) is 0.340. The maximum Gasteiger partial charge on any atom is 0.282 e. The minimum Gasteiger partial charge on any atom is -0.496 e. The van der Waals surface area contributed by atoms with E-state index in [1.165, 1.54) is 20.9 Å². The van der Waals surface area contributed by atoms with Crippen molar-refractivity contribution < 1.29 is 19.3 Å². The molecule has 0 aliphatic carbocycles. The Labute approximate surface area is 179 Å². The molecule has 1 aliphatic heterocycles. The molecule has 0 unspecified atom stereocenters. The van der Waals surface area contributed by atoms with Crippen LogP contribution in [0.15, 0.2) is 48.5 Å². The lowest BCUT2D eigenvalue weighted by Crippen LogP contribution is -3.28. The van der Waals surface area contributed by atoms with Crippen LogP contribution in [0.1, 0.15) is 17.5 Å². The zero-order valence-electron chi connectivity index (χ0n) is 18.0. The van der Waals surface area contributed by atoms with Crippen LogP contribution in [-0.4, -0.2) is 52.3 Å². The lowest BCUT2D eigenvalue weighted by molar-refractivity contribution is -1.02. The number of hydrogen-bond acceptors (Lipinski definition) is 3. The van der Waals surface area contributed by atoms with E-state index in [1.54, 1.807) is 12.0 Å². The highest BCUT2D eigenvalue weighted by molar-refractivity contribution is 5.94. The zero-order valence-corrected chi connectivity index (χ0v) is 18.0. The van der Waals surface area contributed by atoms with Gasteiger partial charge in [-0.2, -0.15) is 5.26 Å². The van der Waals surface area contributed by atoms with Crippen molar-refractivity contribution in [2.45, 2.75) is 19.9 Å². The van der Waals surface area contributed by atoms with E-state index in [-0.39, 0.29) is 5.91 Å². The molecule has 0 spiro atoms. The Morgan fingerprint density at radius 3 is 2.47 bits per heavy atom. The van der Waals surface area contributed by atoms with Gasteiger partial charge in [-0.1, -0.05) is 29.8 Å². The Morgan fingerprint density at radius 1 is 1.10 bits per heavy atom. The Kier molecular flexibility index (Phi) is 7.83. The number of para-hydroxylation sites is 1. The van der Waals surface area contributed by atoms with Crippen molar-refractivity contribution in [2.24, 2.45) is 0 Å². The summed E-state index contributed by atoms with van der Waals surface area (Å²) in [5.74, 6) is 1.05. The first-order valence-electron chi connectivity index (χ1n) is 10.6. The number of nitrogens with zero attached hydrogens (tertiary/aromatic N) is 2. The third-order valence-corrected chi connectivity index (χ3v) is 5.76. The number of nitrogens with one attached hydrogen (secondary N) is 2. The Hall–Kier alpha value is -2.88. The van der Waals surface area contributed by atoms with E-state index in [9.17, 15) is 4.79 Å². The molecule has 1 fully saturated rings. The number of nitriles is 1. The molecular weight excluding hydrogens is 376 g/mol. The van der Waals surface area contributed by atoms with Gasteiger partial charge in [-0.15, -0.1) is 0 Å². The van der Waals surface area contributed by atoms with Crippen LogP contribution in [0.5, 0.6) is 5.75 Å². The third kappa shape index (κ3) is 5.82. The number of carbonyl (C=O) groups is 1. The van der Waals surface area contributed by atoms with Crippen molar-refractivity contribution in [3.8, 4) is 11.8 Å². The second-order valence-corrected chi connectivity index (χ2v) is 7.96. The average Bonchev–Trinajstić information content (AvgIpc) is 2.76. The first-order chi connectivity index (χ1) is 14.6. The van der Waals surface area contributed by atoms with Crippen LogP contribution in [0, 0.1) is 18.3 Å². The number of piperazine rings is 1. The van der Waals surface area contributed by atoms with Gasteiger partial charge in [0.2, 0.25) is 0 Å². The van der Waals surface area contributed by atoms with Gasteiger partial charge in [-0.3, -0.25) is 4.79 Å². The molecule has 1 saturated heterocycles. The van der Waals surface area contributed by atoms with Gasteiger partial charge >= 0.3 is 0 Å². The molecule has 1 amide bonds. The van der Waals surface area contributed by atoms with Gasteiger partial charge in [0.05, 0.1) is 19.6 Å². The number of aryl methyl sites for hydroxylation is 1. The molecule has 2 aromatic carbocycles. The largest absolute Gasteiger partial charge is 0.496 e. The first kappa shape index (κ1) is 21.8. The fraction of sp³-hybridized carbons (Fsp3) is 0.417. The summed E-state index contributed by atoms with van der Waals surface area (Å²) in [6.45, 7) is 7.97. The highest BCUT2D eigenvalue weighted by atomic mass is 16.5. The molecular formula is C24H32N4O2+2. The number of rotatable bonds is 8. The predicted molar refractivity (Wildman–Crippen MR) is 117 cm³/mol. The van der Waals surface area contributed by atoms with Crippen LogP contribution in [0.3, 0.4) is 0 Å². The minimum atomic E-state index is 0.0928. The van der Waals surface area contributed by atoms with Crippen LogP contribution in [0.4, 0.5) is 5.69 Å². The third-order valence-electron chi connectivity index (χ3n) is 5.76. The standard InChI is InChI=1S/C24H30N4O2/c1-20-9-10-23(30-2)21(17-20)18-26-13-15-27(16-14-26)19-24(29)28(12-6-11-25)22-7-4-3-5-8-22/h3-5,7-10,17H,6,12-16,18-19H2,1-2H3/p+2. The summed E-state index contributed by atoms with van der Waals surface area (Å²) in [4.78, 5) is 17.6. The van der Waals surface area contributed by atoms with E-state index in [1.807, 2.05) is 36.4 Å². The quantitative estimate of drug-likeness (QED) is 0.658.